The summed E-state index contributed by atoms with van der Waals surface area (Å²) in [4.78, 5) is 10.8. The average Bonchev–Trinajstić information content (AvgIpc) is 2.35. The maximum atomic E-state index is 10.8. The van der Waals surface area contributed by atoms with Gasteiger partial charge < -0.3 is 10.2 Å². The second-order valence-corrected chi connectivity index (χ2v) is 5.14. The Hall–Kier alpha value is -1.35. The van der Waals surface area contributed by atoms with Gasteiger partial charge in [-0.2, -0.15) is 5.26 Å². The summed E-state index contributed by atoms with van der Waals surface area (Å²) in [6, 6.07) is 7.01. The van der Waals surface area contributed by atoms with Crippen LogP contribution in [0.4, 0.5) is 0 Å². The third kappa shape index (κ3) is 3.57. The number of carbonyl (C=O) groups excluding carboxylic acids is 1. The summed E-state index contributed by atoms with van der Waals surface area (Å²) in [5, 5.41) is 28.6. The molecule has 1 aromatic carbocycles. The number of nitrogens with zero attached hydrogens (tertiary/aromatic N) is 1. The molecule has 2 unspecified atom stereocenters. The van der Waals surface area contributed by atoms with Gasteiger partial charge >= 0.3 is 0 Å². The highest BCUT2D eigenvalue weighted by Crippen LogP contribution is 2.24. The first-order valence-corrected chi connectivity index (χ1v) is 6.45. The Morgan fingerprint density at radius 3 is 2.72 bits per heavy atom. The van der Waals surface area contributed by atoms with Crippen LogP contribution in [0, 0.1) is 18.3 Å². The van der Waals surface area contributed by atoms with Gasteiger partial charge in [0.25, 0.3) is 0 Å². The lowest BCUT2D eigenvalue weighted by molar-refractivity contribution is -0.109. The summed E-state index contributed by atoms with van der Waals surface area (Å²) >= 11 is 0.964. The highest BCUT2D eigenvalue weighted by molar-refractivity contribution is 8.13. The van der Waals surface area contributed by atoms with Crippen molar-refractivity contribution in [3.05, 3.63) is 34.9 Å². The molecule has 96 valence electrons. The van der Waals surface area contributed by atoms with Crippen molar-refractivity contribution in [3.8, 4) is 6.07 Å². The fraction of sp³-hybridized carbons (Fsp3) is 0.385. The number of nitriles is 1. The van der Waals surface area contributed by atoms with Crippen LogP contribution in [0.1, 0.15) is 29.7 Å². The molecule has 5 heteroatoms. The van der Waals surface area contributed by atoms with Crippen molar-refractivity contribution in [2.24, 2.45) is 0 Å². The normalized spacial score (nSPS) is 13.7. The van der Waals surface area contributed by atoms with Crippen molar-refractivity contribution < 1.29 is 15.0 Å². The summed E-state index contributed by atoms with van der Waals surface area (Å²) in [6.07, 6.45) is -2.13. The van der Waals surface area contributed by atoms with Crippen molar-refractivity contribution in [2.45, 2.75) is 26.1 Å². The monoisotopic (exact) mass is 265 g/mol. The van der Waals surface area contributed by atoms with Crippen LogP contribution in [-0.4, -0.2) is 27.2 Å². The molecule has 0 fully saturated rings. The van der Waals surface area contributed by atoms with Crippen LogP contribution >= 0.6 is 11.8 Å². The molecule has 0 spiro atoms. The van der Waals surface area contributed by atoms with Gasteiger partial charge in [-0.15, -0.1) is 0 Å². The van der Waals surface area contributed by atoms with Gasteiger partial charge in [0, 0.05) is 12.7 Å². The maximum Gasteiger partial charge on any atom is 0.185 e. The van der Waals surface area contributed by atoms with Crippen LogP contribution < -0.4 is 0 Å². The molecule has 18 heavy (non-hydrogen) atoms. The van der Waals surface area contributed by atoms with Gasteiger partial charge in [-0.1, -0.05) is 23.9 Å². The summed E-state index contributed by atoms with van der Waals surface area (Å²) in [5.41, 5.74) is 1.64. The van der Waals surface area contributed by atoms with Crippen molar-refractivity contribution in [2.75, 3.05) is 5.75 Å². The van der Waals surface area contributed by atoms with Crippen molar-refractivity contribution in [1.29, 1.82) is 5.26 Å². The first-order chi connectivity index (χ1) is 8.47. The quantitative estimate of drug-likeness (QED) is 0.863. The molecule has 2 N–H and O–H groups in total. The number of carbonyl (C=O) groups is 1. The van der Waals surface area contributed by atoms with Crippen molar-refractivity contribution in [1.82, 2.24) is 0 Å². The molecule has 0 aliphatic rings. The lowest BCUT2D eigenvalue weighted by atomic mass is 9.96. The minimum absolute atomic E-state index is 0.108. The molecule has 0 bridgehead atoms. The van der Waals surface area contributed by atoms with Crippen LogP contribution in [0.2, 0.25) is 0 Å². The Bertz CT molecular complexity index is 482. The van der Waals surface area contributed by atoms with E-state index >= 15 is 0 Å². The Balaban J connectivity index is 2.87. The van der Waals surface area contributed by atoms with E-state index in [1.54, 1.807) is 25.1 Å². The highest BCUT2D eigenvalue weighted by atomic mass is 32.2. The smallest absolute Gasteiger partial charge is 0.185 e. The second kappa shape index (κ2) is 6.55. The fourth-order valence-electron chi connectivity index (χ4n) is 1.60. The van der Waals surface area contributed by atoms with Crippen molar-refractivity contribution >= 4 is 16.9 Å². The Morgan fingerprint density at radius 2 is 2.17 bits per heavy atom. The fourth-order valence-corrected chi connectivity index (χ4v) is 2.18. The van der Waals surface area contributed by atoms with Gasteiger partial charge in [0.2, 0.25) is 0 Å². The number of rotatable bonds is 4. The minimum atomic E-state index is -1.09. The number of benzene rings is 1. The van der Waals surface area contributed by atoms with Crippen LogP contribution in [0.5, 0.6) is 0 Å². The summed E-state index contributed by atoms with van der Waals surface area (Å²) < 4.78 is 0. The molecule has 0 aliphatic carbocycles. The molecule has 0 saturated heterocycles. The van der Waals surface area contributed by atoms with Crippen LogP contribution in [0.15, 0.2) is 18.2 Å². The molecular formula is C13H15NO3S. The zero-order valence-corrected chi connectivity index (χ0v) is 11.1. The first kappa shape index (κ1) is 14.7. The van der Waals surface area contributed by atoms with Crippen LogP contribution in [0.25, 0.3) is 0 Å². The molecule has 0 radical (unpaired) electrons. The summed E-state index contributed by atoms with van der Waals surface area (Å²) in [6.45, 7) is 3.13. The van der Waals surface area contributed by atoms with E-state index in [2.05, 4.69) is 0 Å². The number of hydrogen-bond donors (Lipinski definition) is 2. The van der Waals surface area contributed by atoms with Gasteiger partial charge in [0.05, 0.1) is 17.7 Å². The van der Waals surface area contributed by atoms with Crippen molar-refractivity contribution in [3.63, 3.8) is 0 Å². The summed E-state index contributed by atoms with van der Waals surface area (Å²) in [5.74, 6) is 0.132. The Labute approximate surface area is 110 Å². The van der Waals surface area contributed by atoms with Crippen LogP contribution in [0.3, 0.4) is 0 Å². The first-order valence-electron chi connectivity index (χ1n) is 5.46. The van der Waals surface area contributed by atoms with Gasteiger partial charge in [0.1, 0.15) is 6.10 Å². The molecule has 0 aliphatic heterocycles. The van der Waals surface area contributed by atoms with Crippen LogP contribution in [-0.2, 0) is 4.79 Å². The van der Waals surface area contributed by atoms with Gasteiger partial charge in [0.15, 0.2) is 5.12 Å². The van der Waals surface area contributed by atoms with Gasteiger partial charge in [-0.05, 0) is 24.1 Å². The van der Waals surface area contributed by atoms with E-state index in [1.807, 2.05) is 6.07 Å². The van der Waals surface area contributed by atoms with Gasteiger partial charge in [-0.25, -0.2) is 0 Å². The number of aliphatic hydroxyl groups is 2. The highest BCUT2D eigenvalue weighted by Gasteiger charge is 2.21. The standard InChI is InChI=1S/C13H15NO3S/c1-8-10(6-14)4-3-5-11(8)13(17)12(16)7-18-9(2)15/h3-5,12-13,16-17H,7H2,1-2H3. The third-order valence-electron chi connectivity index (χ3n) is 2.64. The minimum Gasteiger partial charge on any atom is -0.389 e. The topological polar surface area (TPSA) is 81.3 Å². The largest absolute Gasteiger partial charge is 0.389 e. The Kier molecular flexibility index (Phi) is 5.35. The number of thioether (sulfide) groups is 1. The zero-order chi connectivity index (χ0) is 13.7. The predicted octanol–water partition coefficient (Wildman–Crippen LogP) is 1.54. The van der Waals surface area contributed by atoms with E-state index in [0.717, 1.165) is 11.8 Å². The van der Waals surface area contributed by atoms with E-state index in [9.17, 15) is 15.0 Å². The molecule has 2 atom stereocenters. The van der Waals surface area contributed by atoms with E-state index < -0.39 is 12.2 Å². The average molecular weight is 265 g/mol. The molecule has 0 heterocycles. The van der Waals surface area contributed by atoms with E-state index in [4.69, 9.17) is 5.26 Å². The van der Waals surface area contributed by atoms with E-state index in [0.29, 0.717) is 16.7 Å². The molecule has 1 rings (SSSR count). The SMILES string of the molecule is CC(=O)SCC(O)C(O)c1cccc(C#N)c1C. The number of hydrogen-bond acceptors (Lipinski definition) is 5. The number of aliphatic hydroxyl groups excluding tert-OH is 2. The molecule has 0 saturated carbocycles. The third-order valence-corrected chi connectivity index (χ3v) is 3.55. The lowest BCUT2D eigenvalue weighted by Crippen LogP contribution is -2.22. The molecule has 4 nitrogen and oxygen atoms in total. The lowest BCUT2D eigenvalue weighted by Gasteiger charge is -2.19. The molecular weight excluding hydrogens is 250 g/mol. The van der Waals surface area contributed by atoms with Gasteiger partial charge in [-0.3, -0.25) is 4.79 Å². The molecule has 0 amide bonds. The second-order valence-electron chi connectivity index (χ2n) is 3.95. The molecule has 1 aromatic rings. The predicted molar refractivity (Wildman–Crippen MR) is 70.0 cm³/mol. The maximum absolute atomic E-state index is 10.8. The van der Waals surface area contributed by atoms with E-state index in [-0.39, 0.29) is 10.9 Å². The Morgan fingerprint density at radius 1 is 1.50 bits per heavy atom. The summed E-state index contributed by atoms with van der Waals surface area (Å²) in [7, 11) is 0. The molecule has 0 aromatic heterocycles. The van der Waals surface area contributed by atoms with E-state index in [1.165, 1.54) is 6.92 Å². The zero-order valence-electron chi connectivity index (χ0n) is 10.3.